The minimum atomic E-state index is -4.53. The van der Waals surface area contributed by atoms with Crippen molar-refractivity contribution in [2.75, 3.05) is 33.0 Å². The van der Waals surface area contributed by atoms with Crippen LogP contribution in [-0.2, 0) is 27.9 Å². The molecule has 0 aromatic rings. The lowest BCUT2D eigenvalue weighted by molar-refractivity contribution is -0.154. The van der Waals surface area contributed by atoms with E-state index in [1.807, 2.05) is 0 Å². The van der Waals surface area contributed by atoms with Gasteiger partial charge in [-0.15, -0.1) is 0 Å². The number of carbonyl (C=O) groups is 1. The Morgan fingerprint density at radius 3 is 1.51 bits per heavy atom. The normalized spacial score (nSPS) is 14.8. The molecule has 0 aromatic heterocycles. The summed E-state index contributed by atoms with van der Waals surface area (Å²) in [6, 6.07) is 0. The summed E-state index contributed by atoms with van der Waals surface area (Å²) in [4.78, 5) is 22.6. The third kappa shape index (κ3) is 43.1. The first-order valence-corrected chi connectivity index (χ1v) is 23.6. The largest absolute Gasteiger partial charge is 0.472 e. The molecule has 0 saturated carbocycles. The van der Waals surface area contributed by atoms with E-state index in [0.29, 0.717) is 13.0 Å². The number of rotatable bonds is 41. The fourth-order valence-corrected chi connectivity index (χ4v) is 6.25. The van der Waals surface area contributed by atoms with E-state index >= 15 is 0 Å². The maximum Gasteiger partial charge on any atom is 0.472 e. The van der Waals surface area contributed by atoms with Crippen molar-refractivity contribution in [3.63, 3.8) is 0 Å². The number of aliphatic hydroxyl groups is 2. The van der Waals surface area contributed by atoms with Crippen LogP contribution in [0.1, 0.15) is 162 Å². The van der Waals surface area contributed by atoms with Gasteiger partial charge in [0.2, 0.25) is 0 Å². The van der Waals surface area contributed by atoms with Gasteiger partial charge in [-0.1, -0.05) is 157 Å². The monoisotopic (exact) mass is 821 g/mol. The molecule has 0 bridgehead atoms. The minimum absolute atomic E-state index is 0.0287. The molecule has 57 heavy (non-hydrogen) atoms. The van der Waals surface area contributed by atoms with Crippen molar-refractivity contribution in [1.82, 2.24) is 0 Å². The number of aliphatic hydroxyl groups excluding tert-OH is 2. The number of carbonyl (C=O) groups excluding carboxylic acids is 1. The van der Waals surface area contributed by atoms with Crippen molar-refractivity contribution in [3.05, 3.63) is 85.1 Å². The van der Waals surface area contributed by atoms with E-state index in [9.17, 15) is 19.4 Å². The molecule has 0 aliphatic rings. The first-order chi connectivity index (χ1) is 27.8. The average Bonchev–Trinajstić information content (AvgIpc) is 3.20. The van der Waals surface area contributed by atoms with E-state index < -0.39 is 45.8 Å². The number of phosphoric ester groups is 1. The zero-order valence-electron chi connectivity index (χ0n) is 35.8. The van der Waals surface area contributed by atoms with Gasteiger partial charge in [0.05, 0.1) is 26.4 Å². The maximum absolute atomic E-state index is 12.6. The summed E-state index contributed by atoms with van der Waals surface area (Å²) in [7, 11) is -4.53. The van der Waals surface area contributed by atoms with E-state index in [0.717, 1.165) is 96.3 Å². The standard InChI is InChI=1S/C47H81O9P/c1-3-5-7-9-11-13-15-17-19-20-21-22-23-24-25-27-29-31-33-35-37-39-47(50)56-46(44-55-57(51,52)54-42-45(49)41-48)43-53-40-38-36-34-32-30-28-26-18-16-14-12-10-8-6-4-2/h5,7,10-13,16-19,21-22,24-25,45-46,48-49H,3-4,6,8-9,14-15,20,23,26-44H2,1-2H3,(H,51,52)/b7-5-,12-10-,13-11-,18-16-,19-17-,22-21-,25-24-. The lowest BCUT2D eigenvalue weighted by atomic mass is 10.1. The van der Waals surface area contributed by atoms with Crippen molar-refractivity contribution < 1.29 is 43.0 Å². The van der Waals surface area contributed by atoms with Gasteiger partial charge >= 0.3 is 13.8 Å². The fraction of sp³-hybridized carbons (Fsp3) is 0.681. The lowest BCUT2D eigenvalue weighted by Gasteiger charge is -2.20. The first-order valence-electron chi connectivity index (χ1n) is 22.1. The van der Waals surface area contributed by atoms with Crippen LogP contribution in [0.3, 0.4) is 0 Å². The second-order valence-electron chi connectivity index (χ2n) is 14.3. The highest BCUT2D eigenvalue weighted by Gasteiger charge is 2.26. The van der Waals surface area contributed by atoms with Gasteiger partial charge in [0.1, 0.15) is 12.2 Å². The first kappa shape index (κ1) is 54.6. The number of allylic oxidation sites excluding steroid dienone is 14. The molecule has 0 rings (SSSR count). The van der Waals surface area contributed by atoms with E-state index in [1.54, 1.807) is 0 Å². The molecule has 10 heteroatoms. The van der Waals surface area contributed by atoms with Crippen molar-refractivity contribution in [2.45, 2.75) is 174 Å². The van der Waals surface area contributed by atoms with Crippen LogP contribution < -0.4 is 0 Å². The van der Waals surface area contributed by atoms with E-state index in [2.05, 4.69) is 98.9 Å². The molecule has 0 aliphatic carbocycles. The average molecular weight is 821 g/mol. The summed E-state index contributed by atoms with van der Waals surface area (Å²) in [6.45, 7) is 3.29. The maximum atomic E-state index is 12.6. The quantitative estimate of drug-likeness (QED) is 0.0239. The molecule has 0 aromatic carbocycles. The van der Waals surface area contributed by atoms with Gasteiger partial charge in [0.15, 0.2) is 0 Å². The number of esters is 1. The molecule has 0 amide bonds. The number of phosphoric acid groups is 1. The van der Waals surface area contributed by atoms with Crippen LogP contribution >= 0.6 is 7.82 Å². The van der Waals surface area contributed by atoms with Crippen LogP contribution in [0, 0.1) is 0 Å². The van der Waals surface area contributed by atoms with E-state index in [1.165, 1.54) is 38.5 Å². The second-order valence-corrected chi connectivity index (χ2v) is 15.8. The number of unbranched alkanes of at least 4 members (excludes halogenated alkanes) is 13. The minimum Gasteiger partial charge on any atom is -0.457 e. The third-order valence-electron chi connectivity index (χ3n) is 8.81. The molecule has 3 atom stereocenters. The van der Waals surface area contributed by atoms with Gasteiger partial charge in [0, 0.05) is 13.0 Å². The second kappa shape index (κ2) is 43.2. The molecule has 0 heterocycles. The molecule has 0 fully saturated rings. The third-order valence-corrected chi connectivity index (χ3v) is 9.77. The van der Waals surface area contributed by atoms with Crippen molar-refractivity contribution >= 4 is 13.8 Å². The molecule has 3 N–H and O–H groups in total. The van der Waals surface area contributed by atoms with Crippen LogP contribution in [0.4, 0.5) is 0 Å². The van der Waals surface area contributed by atoms with Crippen LogP contribution in [0.15, 0.2) is 85.1 Å². The van der Waals surface area contributed by atoms with Gasteiger partial charge in [-0.05, 0) is 83.5 Å². The molecule has 328 valence electrons. The summed E-state index contributed by atoms with van der Waals surface area (Å²) in [6.07, 6.45) is 52.5. The molecular weight excluding hydrogens is 739 g/mol. The lowest BCUT2D eigenvalue weighted by Crippen LogP contribution is -2.29. The van der Waals surface area contributed by atoms with Gasteiger partial charge < -0.3 is 24.6 Å². The highest BCUT2D eigenvalue weighted by molar-refractivity contribution is 7.47. The predicted octanol–water partition coefficient (Wildman–Crippen LogP) is 12.3. The molecule has 0 radical (unpaired) electrons. The molecule has 3 unspecified atom stereocenters. The number of hydrogen-bond acceptors (Lipinski definition) is 8. The van der Waals surface area contributed by atoms with Crippen molar-refractivity contribution in [1.29, 1.82) is 0 Å². The molecule has 9 nitrogen and oxygen atoms in total. The highest BCUT2D eigenvalue weighted by Crippen LogP contribution is 2.43. The Morgan fingerprint density at radius 1 is 0.561 bits per heavy atom. The SMILES string of the molecule is CC/C=C\C/C=C\C/C=C\C/C=C\C/C=C\CCCCCCCC(=O)OC(COCCCCCCCC/C=C\C/C=C\CCCC)COP(=O)(O)OCC(O)CO. The zero-order chi connectivity index (χ0) is 41.8. The predicted molar refractivity (Wildman–Crippen MR) is 237 cm³/mol. The molecular formula is C47H81O9P. The zero-order valence-corrected chi connectivity index (χ0v) is 36.7. The Morgan fingerprint density at radius 2 is 1.00 bits per heavy atom. The van der Waals surface area contributed by atoms with Crippen LogP contribution in [0.5, 0.6) is 0 Å². The fourth-order valence-electron chi connectivity index (χ4n) is 5.46. The summed E-state index contributed by atoms with van der Waals surface area (Å²) in [5.41, 5.74) is 0. The van der Waals surface area contributed by atoms with Gasteiger partial charge in [-0.3, -0.25) is 13.8 Å². The Bertz CT molecular complexity index is 1160. The van der Waals surface area contributed by atoms with Crippen LogP contribution in [0.2, 0.25) is 0 Å². The molecule has 0 spiro atoms. The number of hydrogen-bond donors (Lipinski definition) is 3. The van der Waals surface area contributed by atoms with E-state index in [-0.39, 0.29) is 13.0 Å². The van der Waals surface area contributed by atoms with Crippen molar-refractivity contribution in [2.24, 2.45) is 0 Å². The Labute approximate surface area is 347 Å². The summed E-state index contributed by atoms with van der Waals surface area (Å²) >= 11 is 0. The summed E-state index contributed by atoms with van der Waals surface area (Å²) in [5, 5.41) is 18.4. The van der Waals surface area contributed by atoms with Crippen LogP contribution in [-0.4, -0.2) is 66.3 Å². The van der Waals surface area contributed by atoms with Gasteiger partial charge in [-0.2, -0.15) is 0 Å². The van der Waals surface area contributed by atoms with Crippen molar-refractivity contribution in [3.8, 4) is 0 Å². The highest BCUT2D eigenvalue weighted by atomic mass is 31.2. The molecule has 0 saturated heterocycles. The number of ether oxygens (including phenoxy) is 2. The Hall–Kier alpha value is -2.36. The Kier molecular flexibility index (Phi) is 41.4. The van der Waals surface area contributed by atoms with Crippen LogP contribution in [0.25, 0.3) is 0 Å². The summed E-state index contributed by atoms with van der Waals surface area (Å²) in [5.74, 6) is -0.409. The van der Waals surface area contributed by atoms with E-state index in [4.69, 9.17) is 23.6 Å². The molecule has 0 aliphatic heterocycles. The topological polar surface area (TPSA) is 132 Å². The Balaban J connectivity index is 4.24. The summed E-state index contributed by atoms with van der Waals surface area (Å²) < 4.78 is 33.4. The van der Waals surface area contributed by atoms with Gasteiger partial charge in [-0.25, -0.2) is 4.57 Å². The smallest absolute Gasteiger partial charge is 0.457 e. The van der Waals surface area contributed by atoms with Gasteiger partial charge in [0.25, 0.3) is 0 Å².